The highest BCUT2D eigenvalue weighted by Crippen LogP contribution is 2.32. The third-order valence-corrected chi connectivity index (χ3v) is 3.36. The average Bonchev–Trinajstić information content (AvgIpc) is 2.47. The highest BCUT2D eigenvalue weighted by molar-refractivity contribution is 5.96. The van der Waals surface area contributed by atoms with Crippen LogP contribution in [0, 0.1) is 13.8 Å². The highest BCUT2D eigenvalue weighted by atomic mass is 16.6. The van der Waals surface area contributed by atoms with Crippen LogP contribution in [-0.4, -0.2) is 23.8 Å². The predicted octanol–water partition coefficient (Wildman–Crippen LogP) is 4.78. The second kappa shape index (κ2) is 6.91. The minimum Gasteiger partial charge on any atom is -0.497 e. The van der Waals surface area contributed by atoms with E-state index in [-0.39, 0.29) is 0 Å². The maximum Gasteiger partial charge on any atom is 0.420 e. The first-order valence-corrected chi connectivity index (χ1v) is 7.81. The van der Waals surface area contributed by atoms with Gasteiger partial charge >= 0.3 is 6.09 Å². The number of carbonyl (C=O) groups is 1. The Morgan fingerprint density at radius 1 is 1.12 bits per heavy atom. The van der Waals surface area contributed by atoms with E-state index in [1.54, 1.807) is 13.3 Å². The average molecular weight is 328 g/mol. The molecule has 0 spiro atoms. The van der Waals surface area contributed by atoms with Gasteiger partial charge in [-0.3, -0.25) is 0 Å². The summed E-state index contributed by atoms with van der Waals surface area (Å²) in [6, 6.07) is 9.30. The van der Waals surface area contributed by atoms with E-state index in [0.29, 0.717) is 17.3 Å². The third kappa shape index (κ3) is 4.25. The number of pyridine rings is 1. The van der Waals surface area contributed by atoms with Gasteiger partial charge in [-0.2, -0.15) is 0 Å². The van der Waals surface area contributed by atoms with Gasteiger partial charge in [0.05, 0.1) is 12.8 Å². The van der Waals surface area contributed by atoms with Gasteiger partial charge in [-0.15, -0.1) is 0 Å². The van der Waals surface area contributed by atoms with Gasteiger partial charge in [0.15, 0.2) is 0 Å². The molecule has 0 saturated heterocycles. The number of ether oxygens (including phenoxy) is 2. The molecule has 1 amide bonds. The van der Waals surface area contributed by atoms with Gasteiger partial charge in [-0.05, 0) is 63.9 Å². The Labute approximate surface area is 143 Å². The molecule has 0 bridgehead atoms. The Bertz CT molecular complexity index is 736. The van der Waals surface area contributed by atoms with Gasteiger partial charge in [-0.25, -0.2) is 14.7 Å². The van der Waals surface area contributed by atoms with E-state index in [2.05, 4.69) is 4.98 Å². The Kier molecular flexibility index (Phi) is 5.12. The Morgan fingerprint density at radius 2 is 1.83 bits per heavy atom. The summed E-state index contributed by atoms with van der Waals surface area (Å²) < 4.78 is 10.9. The van der Waals surface area contributed by atoms with Gasteiger partial charge in [0.1, 0.15) is 17.2 Å². The number of methoxy groups -OCH3 is 1. The standard InChI is InChI=1S/C19H24N2O3/c1-13-9-10-20-17(11-13)21(18(22)24-19(3,4)5)16-12-15(23-6)8-7-14(16)2/h7-12H,1-6H3. The largest absolute Gasteiger partial charge is 0.497 e. The van der Waals surface area contributed by atoms with Crippen molar-refractivity contribution in [3.8, 4) is 5.75 Å². The van der Waals surface area contributed by atoms with Crippen molar-refractivity contribution in [1.29, 1.82) is 0 Å². The second-order valence-corrected chi connectivity index (χ2v) is 6.66. The molecule has 0 atom stereocenters. The molecule has 0 radical (unpaired) electrons. The maximum atomic E-state index is 12.8. The molecular formula is C19H24N2O3. The number of aromatic nitrogens is 1. The van der Waals surface area contributed by atoms with Crippen LogP contribution in [0.15, 0.2) is 36.5 Å². The molecule has 1 aromatic heterocycles. The number of carbonyl (C=O) groups excluding carboxylic acids is 1. The van der Waals surface area contributed by atoms with Crippen molar-refractivity contribution in [2.45, 2.75) is 40.2 Å². The van der Waals surface area contributed by atoms with E-state index in [0.717, 1.165) is 11.1 Å². The fraction of sp³-hybridized carbons (Fsp3) is 0.368. The van der Waals surface area contributed by atoms with E-state index in [1.807, 2.05) is 65.0 Å². The number of benzene rings is 1. The number of nitrogens with zero attached hydrogens (tertiary/aromatic N) is 2. The molecule has 128 valence electrons. The van der Waals surface area contributed by atoms with Crippen molar-refractivity contribution in [2.24, 2.45) is 0 Å². The minimum atomic E-state index is -0.605. The molecule has 0 fully saturated rings. The Balaban J connectivity index is 2.57. The molecule has 0 unspecified atom stereocenters. The van der Waals surface area contributed by atoms with Crippen molar-refractivity contribution in [1.82, 2.24) is 4.98 Å². The van der Waals surface area contributed by atoms with Crippen LogP contribution in [-0.2, 0) is 4.74 Å². The first-order chi connectivity index (χ1) is 11.2. The minimum absolute atomic E-state index is 0.475. The lowest BCUT2D eigenvalue weighted by atomic mass is 10.1. The van der Waals surface area contributed by atoms with Gasteiger partial charge in [0.2, 0.25) is 0 Å². The van der Waals surface area contributed by atoms with Crippen LogP contribution in [0.25, 0.3) is 0 Å². The van der Waals surface area contributed by atoms with Crippen molar-refractivity contribution in [3.05, 3.63) is 47.7 Å². The topological polar surface area (TPSA) is 51.7 Å². The summed E-state index contributed by atoms with van der Waals surface area (Å²) in [5, 5.41) is 0. The van der Waals surface area contributed by atoms with Crippen LogP contribution >= 0.6 is 0 Å². The van der Waals surface area contributed by atoms with E-state index in [9.17, 15) is 4.79 Å². The molecular weight excluding hydrogens is 304 g/mol. The van der Waals surface area contributed by atoms with Crippen LogP contribution in [0.3, 0.4) is 0 Å². The fourth-order valence-corrected chi connectivity index (χ4v) is 2.22. The molecule has 0 saturated carbocycles. The summed E-state index contributed by atoms with van der Waals surface area (Å²) in [7, 11) is 1.59. The summed E-state index contributed by atoms with van der Waals surface area (Å²) >= 11 is 0. The summed E-state index contributed by atoms with van der Waals surface area (Å²) in [6.07, 6.45) is 1.20. The maximum absolute atomic E-state index is 12.8. The van der Waals surface area contributed by atoms with Crippen molar-refractivity contribution in [2.75, 3.05) is 12.0 Å². The van der Waals surface area contributed by atoms with E-state index >= 15 is 0 Å². The molecule has 5 nitrogen and oxygen atoms in total. The van der Waals surface area contributed by atoms with Crippen LogP contribution < -0.4 is 9.64 Å². The summed E-state index contributed by atoms with van der Waals surface area (Å²) in [5.41, 5.74) is 2.01. The van der Waals surface area contributed by atoms with Crippen molar-refractivity contribution in [3.63, 3.8) is 0 Å². The van der Waals surface area contributed by atoms with Crippen LogP contribution in [0.1, 0.15) is 31.9 Å². The monoisotopic (exact) mass is 328 g/mol. The fourth-order valence-electron chi connectivity index (χ4n) is 2.22. The SMILES string of the molecule is COc1ccc(C)c(N(C(=O)OC(C)(C)C)c2cc(C)ccn2)c1. The lowest BCUT2D eigenvalue weighted by molar-refractivity contribution is 0.0598. The molecule has 0 aliphatic rings. The third-order valence-electron chi connectivity index (χ3n) is 3.36. The second-order valence-electron chi connectivity index (χ2n) is 6.66. The van der Waals surface area contributed by atoms with Crippen LogP contribution in [0.5, 0.6) is 5.75 Å². The molecule has 1 aromatic carbocycles. The molecule has 2 aromatic rings. The van der Waals surface area contributed by atoms with E-state index < -0.39 is 11.7 Å². The molecule has 2 rings (SSSR count). The molecule has 5 heteroatoms. The van der Waals surface area contributed by atoms with Crippen molar-refractivity contribution < 1.29 is 14.3 Å². The summed E-state index contributed by atoms with van der Waals surface area (Å²) in [6.45, 7) is 9.40. The Hall–Kier alpha value is -2.56. The van der Waals surface area contributed by atoms with Crippen LogP contribution in [0.2, 0.25) is 0 Å². The zero-order valence-electron chi connectivity index (χ0n) is 15.1. The van der Waals surface area contributed by atoms with Crippen molar-refractivity contribution >= 4 is 17.6 Å². The number of amides is 1. The van der Waals surface area contributed by atoms with Gasteiger partial charge in [0.25, 0.3) is 0 Å². The molecule has 0 N–H and O–H groups in total. The lowest BCUT2D eigenvalue weighted by Crippen LogP contribution is -2.34. The smallest absolute Gasteiger partial charge is 0.420 e. The lowest BCUT2D eigenvalue weighted by Gasteiger charge is -2.28. The summed E-state index contributed by atoms with van der Waals surface area (Å²) in [5.74, 6) is 1.18. The van der Waals surface area contributed by atoms with Gasteiger partial charge in [0, 0.05) is 12.3 Å². The molecule has 0 aliphatic heterocycles. The van der Waals surface area contributed by atoms with Crippen LogP contribution in [0.4, 0.5) is 16.3 Å². The van der Waals surface area contributed by atoms with Gasteiger partial charge in [-0.1, -0.05) is 6.07 Å². The molecule has 0 aliphatic carbocycles. The van der Waals surface area contributed by atoms with E-state index in [1.165, 1.54) is 4.90 Å². The zero-order chi connectivity index (χ0) is 17.9. The number of hydrogen-bond acceptors (Lipinski definition) is 4. The summed E-state index contributed by atoms with van der Waals surface area (Å²) in [4.78, 5) is 18.7. The van der Waals surface area contributed by atoms with E-state index in [4.69, 9.17) is 9.47 Å². The number of rotatable bonds is 3. The normalized spacial score (nSPS) is 11.1. The Morgan fingerprint density at radius 3 is 2.42 bits per heavy atom. The number of anilines is 2. The van der Waals surface area contributed by atoms with Gasteiger partial charge < -0.3 is 9.47 Å². The first kappa shape index (κ1) is 17.8. The highest BCUT2D eigenvalue weighted by Gasteiger charge is 2.27. The predicted molar refractivity (Wildman–Crippen MR) is 95.1 cm³/mol. The number of aryl methyl sites for hydroxylation is 2. The zero-order valence-corrected chi connectivity index (χ0v) is 15.1. The molecule has 24 heavy (non-hydrogen) atoms. The molecule has 1 heterocycles. The first-order valence-electron chi connectivity index (χ1n) is 7.81. The quantitative estimate of drug-likeness (QED) is 0.813. The number of hydrogen-bond donors (Lipinski definition) is 0.